The van der Waals surface area contributed by atoms with Crippen molar-refractivity contribution in [3.63, 3.8) is 0 Å². The number of carbonyl (C=O) groups is 2. The minimum atomic E-state index is -0.809. The number of hydrogen-bond acceptors (Lipinski definition) is 2. The van der Waals surface area contributed by atoms with Crippen molar-refractivity contribution in [2.75, 3.05) is 0 Å². The Morgan fingerprint density at radius 1 is 1.05 bits per heavy atom. The van der Waals surface area contributed by atoms with Crippen molar-refractivity contribution in [3.05, 3.63) is 0 Å². The first kappa shape index (κ1) is 17.0. The maximum absolute atomic E-state index is 12.9. The largest absolute Gasteiger partial charge is 0.481 e. The molecular formula is C16H29NO3. The van der Waals surface area contributed by atoms with E-state index in [1.54, 1.807) is 0 Å². The van der Waals surface area contributed by atoms with Crippen LogP contribution in [0.2, 0.25) is 0 Å². The van der Waals surface area contributed by atoms with E-state index < -0.39 is 11.9 Å². The summed E-state index contributed by atoms with van der Waals surface area (Å²) in [6.45, 7) is 8.26. The van der Waals surface area contributed by atoms with E-state index in [0.29, 0.717) is 6.42 Å². The van der Waals surface area contributed by atoms with Crippen LogP contribution in [-0.2, 0) is 9.59 Å². The van der Waals surface area contributed by atoms with Gasteiger partial charge in [-0.1, -0.05) is 26.7 Å². The lowest BCUT2D eigenvalue weighted by atomic mass is 9.78. The molecule has 1 amide bonds. The van der Waals surface area contributed by atoms with E-state index in [2.05, 4.69) is 27.7 Å². The molecule has 1 saturated carbocycles. The van der Waals surface area contributed by atoms with Gasteiger partial charge in [0.05, 0.1) is 11.8 Å². The lowest BCUT2D eigenvalue weighted by Gasteiger charge is -2.39. The number of carboxylic acid groups (broad SMARTS) is 1. The second-order valence-electron chi connectivity index (χ2n) is 6.10. The van der Waals surface area contributed by atoms with E-state index in [-0.39, 0.29) is 23.9 Å². The molecule has 0 spiro atoms. The smallest absolute Gasteiger partial charge is 0.307 e. The Bertz CT molecular complexity index is 333. The lowest BCUT2D eigenvalue weighted by molar-refractivity contribution is -0.154. The van der Waals surface area contributed by atoms with Crippen molar-refractivity contribution >= 4 is 11.9 Å². The summed E-state index contributed by atoms with van der Waals surface area (Å²) >= 11 is 0. The zero-order valence-corrected chi connectivity index (χ0v) is 13.3. The molecule has 1 aliphatic carbocycles. The predicted octanol–water partition coefficient (Wildman–Crippen LogP) is 3.30. The number of carboxylic acids is 1. The van der Waals surface area contributed by atoms with Gasteiger partial charge < -0.3 is 10.0 Å². The van der Waals surface area contributed by atoms with Crippen LogP contribution in [0.5, 0.6) is 0 Å². The minimum Gasteiger partial charge on any atom is -0.481 e. The van der Waals surface area contributed by atoms with Gasteiger partial charge >= 0.3 is 5.97 Å². The Kier molecular flexibility index (Phi) is 6.50. The Labute approximate surface area is 122 Å². The van der Waals surface area contributed by atoms with Crippen LogP contribution in [0.4, 0.5) is 0 Å². The highest BCUT2D eigenvalue weighted by molar-refractivity contribution is 5.85. The van der Waals surface area contributed by atoms with Crippen LogP contribution in [-0.4, -0.2) is 34.0 Å². The molecule has 0 heterocycles. The van der Waals surface area contributed by atoms with Gasteiger partial charge in [-0.25, -0.2) is 0 Å². The molecule has 0 aromatic rings. The van der Waals surface area contributed by atoms with Crippen molar-refractivity contribution in [2.24, 2.45) is 11.8 Å². The third kappa shape index (κ3) is 3.74. The molecule has 20 heavy (non-hydrogen) atoms. The fourth-order valence-electron chi connectivity index (χ4n) is 3.18. The van der Waals surface area contributed by atoms with Gasteiger partial charge in [-0.05, 0) is 39.5 Å². The van der Waals surface area contributed by atoms with Gasteiger partial charge in [-0.15, -0.1) is 0 Å². The Hall–Kier alpha value is -1.06. The second kappa shape index (κ2) is 7.65. The molecule has 0 unspecified atom stereocenters. The number of aliphatic carboxylic acids is 1. The molecule has 0 aromatic heterocycles. The number of hydrogen-bond donors (Lipinski definition) is 1. The van der Waals surface area contributed by atoms with Gasteiger partial charge in [0.25, 0.3) is 0 Å². The summed E-state index contributed by atoms with van der Waals surface area (Å²) in [5.74, 6) is -1.58. The average molecular weight is 283 g/mol. The molecular weight excluding hydrogens is 254 g/mol. The molecule has 0 radical (unpaired) electrons. The highest BCUT2D eigenvalue weighted by Crippen LogP contribution is 2.33. The Morgan fingerprint density at radius 2 is 1.50 bits per heavy atom. The molecule has 4 atom stereocenters. The van der Waals surface area contributed by atoms with Gasteiger partial charge in [0, 0.05) is 12.1 Å². The van der Waals surface area contributed by atoms with Crippen LogP contribution in [0, 0.1) is 11.8 Å². The van der Waals surface area contributed by atoms with Crippen LogP contribution in [0.1, 0.15) is 66.2 Å². The molecule has 0 aliphatic heterocycles. The summed E-state index contributed by atoms with van der Waals surface area (Å²) in [4.78, 5) is 26.2. The lowest BCUT2D eigenvalue weighted by Crippen LogP contribution is -2.50. The molecule has 116 valence electrons. The van der Waals surface area contributed by atoms with Crippen molar-refractivity contribution in [1.29, 1.82) is 0 Å². The van der Waals surface area contributed by atoms with E-state index in [1.807, 2.05) is 4.90 Å². The first-order valence-corrected chi connectivity index (χ1v) is 7.98. The van der Waals surface area contributed by atoms with Crippen molar-refractivity contribution in [1.82, 2.24) is 4.90 Å². The number of amides is 1. The number of rotatable bonds is 6. The Morgan fingerprint density at radius 3 is 1.90 bits per heavy atom. The first-order valence-electron chi connectivity index (χ1n) is 7.98. The van der Waals surface area contributed by atoms with E-state index >= 15 is 0 Å². The molecule has 0 saturated heterocycles. The van der Waals surface area contributed by atoms with Crippen molar-refractivity contribution in [3.8, 4) is 0 Å². The second-order valence-corrected chi connectivity index (χ2v) is 6.10. The Balaban J connectivity index is 2.94. The summed E-state index contributed by atoms with van der Waals surface area (Å²) in [6, 6.07) is 0.350. The molecule has 4 nitrogen and oxygen atoms in total. The summed E-state index contributed by atoms with van der Waals surface area (Å²) < 4.78 is 0. The summed E-state index contributed by atoms with van der Waals surface area (Å²) in [6.07, 6.45) is 5.06. The molecule has 1 N–H and O–H groups in total. The van der Waals surface area contributed by atoms with E-state index in [0.717, 1.165) is 32.1 Å². The molecule has 4 heteroatoms. The minimum absolute atomic E-state index is 0.0563. The van der Waals surface area contributed by atoms with Gasteiger partial charge in [0.2, 0.25) is 5.91 Å². The number of nitrogens with zero attached hydrogens (tertiary/aromatic N) is 1. The van der Waals surface area contributed by atoms with Crippen LogP contribution in [0.25, 0.3) is 0 Å². The fourth-order valence-corrected chi connectivity index (χ4v) is 3.18. The van der Waals surface area contributed by atoms with E-state index in [9.17, 15) is 14.7 Å². The average Bonchev–Trinajstić information content (AvgIpc) is 2.46. The molecule has 0 bridgehead atoms. The normalized spacial score (nSPS) is 25.8. The topological polar surface area (TPSA) is 57.6 Å². The highest BCUT2D eigenvalue weighted by atomic mass is 16.4. The zero-order chi connectivity index (χ0) is 15.3. The van der Waals surface area contributed by atoms with Crippen LogP contribution in [0.3, 0.4) is 0 Å². The predicted molar refractivity (Wildman–Crippen MR) is 79.4 cm³/mol. The molecule has 0 aromatic carbocycles. The van der Waals surface area contributed by atoms with Crippen LogP contribution in [0.15, 0.2) is 0 Å². The summed E-state index contributed by atoms with van der Waals surface area (Å²) in [7, 11) is 0. The fraction of sp³-hybridized carbons (Fsp3) is 0.875. The van der Waals surface area contributed by atoms with Gasteiger partial charge in [0.1, 0.15) is 0 Å². The summed E-state index contributed by atoms with van der Waals surface area (Å²) in [5, 5.41) is 9.36. The summed E-state index contributed by atoms with van der Waals surface area (Å²) in [5.41, 5.74) is 0. The van der Waals surface area contributed by atoms with Gasteiger partial charge in [0.15, 0.2) is 0 Å². The quantitative estimate of drug-likeness (QED) is 0.813. The third-order valence-corrected chi connectivity index (χ3v) is 4.79. The molecule has 1 rings (SSSR count). The SMILES string of the molecule is CC[C@@H](C)N(C(=O)[C@H]1CCCC[C@@H]1C(=O)O)[C@@H](C)CC. The van der Waals surface area contributed by atoms with E-state index in [1.165, 1.54) is 0 Å². The van der Waals surface area contributed by atoms with Crippen LogP contribution >= 0.6 is 0 Å². The molecule has 1 fully saturated rings. The van der Waals surface area contributed by atoms with Gasteiger partial charge in [-0.3, -0.25) is 9.59 Å². The standard InChI is InChI=1S/C16H29NO3/c1-5-11(3)17(12(4)6-2)15(18)13-9-7-8-10-14(13)16(19)20/h11-14H,5-10H2,1-4H3,(H,19,20)/t11-,12+,13-,14-/m0/s1. The first-order chi connectivity index (χ1) is 9.43. The highest BCUT2D eigenvalue weighted by Gasteiger charge is 2.39. The zero-order valence-electron chi connectivity index (χ0n) is 13.3. The maximum Gasteiger partial charge on any atom is 0.307 e. The monoisotopic (exact) mass is 283 g/mol. The van der Waals surface area contributed by atoms with E-state index in [4.69, 9.17) is 0 Å². The maximum atomic E-state index is 12.9. The van der Waals surface area contributed by atoms with Crippen LogP contribution < -0.4 is 0 Å². The number of carbonyl (C=O) groups excluding carboxylic acids is 1. The molecule has 1 aliphatic rings. The van der Waals surface area contributed by atoms with Crippen molar-refractivity contribution in [2.45, 2.75) is 78.3 Å². The third-order valence-electron chi connectivity index (χ3n) is 4.79. The van der Waals surface area contributed by atoms with Crippen molar-refractivity contribution < 1.29 is 14.7 Å². The van der Waals surface area contributed by atoms with Gasteiger partial charge in [-0.2, -0.15) is 0 Å².